The first-order valence-electron chi connectivity index (χ1n) is 9.41. The van der Waals surface area contributed by atoms with Crippen LogP contribution in [0.25, 0.3) is 0 Å². The molecule has 2 aliphatic heterocycles. The molecule has 2 saturated heterocycles. The fourth-order valence-corrected chi connectivity index (χ4v) is 3.10. The summed E-state index contributed by atoms with van der Waals surface area (Å²) in [6.07, 6.45) is 2.62. The van der Waals surface area contributed by atoms with E-state index in [1.807, 2.05) is 0 Å². The van der Waals surface area contributed by atoms with Crippen molar-refractivity contribution >= 4 is 17.9 Å². The van der Waals surface area contributed by atoms with Crippen molar-refractivity contribution in [3.63, 3.8) is 0 Å². The van der Waals surface area contributed by atoms with Crippen molar-refractivity contribution in [2.24, 2.45) is 0 Å². The average Bonchev–Trinajstić information content (AvgIpc) is 3.08. The Morgan fingerprint density at radius 3 is 2.42 bits per heavy atom. The van der Waals surface area contributed by atoms with Crippen molar-refractivity contribution in [2.45, 2.75) is 70.6 Å². The molecule has 2 aliphatic rings. The predicted molar refractivity (Wildman–Crippen MR) is 95.6 cm³/mol. The summed E-state index contributed by atoms with van der Waals surface area (Å²) in [5.41, 5.74) is -0.552. The highest BCUT2D eigenvalue weighted by molar-refractivity contribution is 5.81. The molecule has 0 aromatic carbocycles. The molecule has 1 atom stereocenters. The van der Waals surface area contributed by atoms with Crippen molar-refractivity contribution in [1.29, 1.82) is 0 Å². The summed E-state index contributed by atoms with van der Waals surface area (Å²) in [7, 11) is 0. The maximum absolute atomic E-state index is 12.2. The topological polar surface area (TPSA) is 97.0 Å². The predicted octanol–water partition coefficient (Wildman–Crippen LogP) is 1.19. The van der Waals surface area contributed by atoms with Crippen LogP contribution in [0.15, 0.2) is 0 Å². The molecule has 8 nitrogen and oxygen atoms in total. The van der Waals surface area contributed by atoms with Gasteiger partial charge in [-0.05, 0) is 46.5 Å². The Bertz CT molecular complexity index is 503. The normalized spacial score (nSPS) is 21.3. The van der Waals surface area contributed by atoms with Gasteiger partial charge in [0, 0.05) is 38.7 Å². The average molecular weight is 369 g/mol. The van der Waals surface area contributed by atoms with Crippen LogP contribution in [-0.2, 0) is 19.1 Å². The number of hydrogen-bond donors (Lipinski definition) is 2. The Balaban J connectivity index is 1.61. The van der Waals surface area contributed by atoms with Gasteiger partial charge in [0.2, 0.25) is 11.8 Å². The summed E-state index contributed by atoms with van der Waals surface area (Å²) in [6, 6.07) is 0.0932. The lowest BCUT2D eigenvalue weighted by Crippen LogP contribution is -2.49. The molecule has 26 heavy (non-hydrogen) atoms. The summed E-state index contributed by atoms with van der Waals surface area (Å²) in [5.74, 6) is -0.0289. The minimum Gasteiger partial charge on any atom is -0.444 e. The molecule has 0 aliphatic carbocycles. The lowest BCUT2D eigenvalue weighted by molar-refractivity contribution is -0.133. The Morgan fingerprint density at radius 1 is 1.15 bits per heavy atom. The summed E-state index contributed by atoms with van der Waals surface area (Å²) in [4.78, 5) is 37.6. The molecule has 3 amide bonds. The van der Waals surface area contributed by atoms with E-state index in [-0.39, 0.29) is 36.9 Å². The first kappa shape index (κ1) is 20.5. The number of rotatable bonds is 5. The van der Waals surface area contributed by atoms with Gasteiger partial charge in [0.1, 0.15) is 11.7 Å². The summed E-state index contributed by atoms with van der Waals surface area (Å²) in [5, 5.41) is 5.62. The van der Waals surface area contributed by atoms with Gasteiger partial charge in [0.25, 0.3) is 0 Å². The van der Waals surface area contributed by atoms with Crippen LogP contribution >= 0.6 is 0 Å². The highest BCUT2D eigenvalue weighted by Crippen LogP contribution is 2.15. The molecule has 0 bridgehead atoms. The van der Waals surface area contributed by atoms with E-state index in [2.05, 4.69) is 10.6 Å². The summed E-state index contributed by atoms with van der Waals surface area (Å²) in [6.45, 7) is 7.51. The number of nitrogens with one attached hydrogen (secondary N) is 2. The lowest BCUT2D eigenvalue weighted by Gasteiger charge is -2.33. The zero-order valence-electron chi connectivity index (χ0n) is 16.0. The van der Waals surface area contributed by atoms with E-state index < -0.39 is 11.7 Å². The number of carbonyl (C=O) groups excluding carboxylic acids is 3. The zero-order valence-corrected chi connectivity index (χ0v) is 16.0. The van der Waals surface area contributed by atoms with Crippen LogP contribution < -0.4 is 10.6 Å². The zero-order chi connectivity index (χ0) is 19.2. The monoisotopic (exact) mass is 369 g/mol. The molecule has 0 radical (unpaired) electrons. The third-order valence-corrected chi connectivity index (χ3v) is 4.42. The molecule has 0 aromatic heterocycles. The van der Waals surface area contributed by atoms with E-state index in [0.717, 1.165) is 25.7 Å². The van der Waals surface area contributed by atoms with Gasteiger partial charge in [-0.1, -0.05) is 0 Å². The standard InChI is InChI=1S/C18H31N3O5/c1-18(2,3)26-17(24)19-9-6-15(22)21-10-7-13(8-11-21)20-16(23)14-5-4-12-25-14/h13-14H,4-12H2,1-3H3,(H,19,24)(H,20,23). The molecule has 2 N–H and O–H groups in total. The van der Waals surface area contributed by atoms with Crippen molar-refractivity contribution in [2.75, 3.05) is 26.2 Å². The maximum Gasteiger partial charge on any atom is 0.407 e. The van der Waals surface area contributed by atoms with Gasteiger partial charge < -0.3 is 25.0 Å². The molecule has 0 saturated carbocycles. The second-order valence-corrected chi connectivity index (χ2v) is 7.84. The SMILES string of the molecule is CC(C)(C)OC(=O)NCCC(=O)N1CCC(NC(=O)C2CCCO2)CC1. The van der Waals surface area contributed by atoms with Crippen LogP contribution in [0.2, 0.25) is 0 Å². The van der Waals surface area contributed by atoms with E-state index in [1.54, 1.807) is 25.7 Å². The van der Waals surface area contributed by atoms with Gasteiger partial charge in [0.05, 0.1) is 0 Å². The minimum absolute atomic E-state index is 0.00459. The molecule has 0 aromatic rings. The Kier molecular flexibility index (Phi) is 7.25. The first-order valence-corrected chi connectivity index (χ1v) is 9.41. The van der Waals surface area contributed by atoms with Crippen LogP contribution in [0, 0.1) is 0 Å². The third kappa shape index (κ3) is 6.82. The molecular weight excluding hydrogens is 338 g/mol. The van der Waals surface area contributed by atoms with Crippen molar-refractivity contribution in [3.05, 3.63) is 0 Å². The first-order chi connectivity index (χ1) is 12.2. The number of piperidine rings is 1. The third-order valence-electron chi connectivity index (χ3n) is 4.42. The summed E-state index contributed by atoms with van der Waals surface area (Å²) < 4.78 is 10.5. The number of ether oxygens (including phenoxy) is 2. The molecule has 2 heterocycles. The van der Waals surface area contributed by atoms with Gasteiger partial charge >= 0.3 is 6.09 Å². The maximum atomic E-state index is 12.2. The van der Waals surface area contributed by atoms with Crippen LogP contribution in [0.4, 0.5) is 4.79 Å². The fraction of sp³-hybridized carbons (Fsp3) is 0.833. The number of nitrogens with zero attached hydrogens (tertiary/aromatic N) is 1. The largest absolute Gasteiger partial charge is 0.444 e. The van der Waals surface area contributed by atoms with E-state index in [9.17, 15) is 14.4 Å². The quantitative estimate of drug-likeness (QED) is 0.759. The van der Waals surface area contributed by atoms with E-state index in [0.29, 0.717) is 19.7 Å². The van der Waals surface area contributed by atoms with Gasteiger partial charge in [-0.25, -0.2) is 4.79 Å². The van der Waals surface area contributed by atoms with Gasteiger partial charge in [-0.15, -0.1) is 0 Å². The van der Waals surface area contributed by atoms with Gasteiger partial charge in [0.15, 0.2) is 0 Å². The van der Waals surface area contributed by atoms with Crippen LogP contribution in [0.3, 0.4) is 0 Å². The van der Waals surface area contributed by atoms with E-state index in [1.165, 1.54) is 0 Å². The molecule has 0 spiro atoms. The van der Waals surface area contributed by atoms with Gasteiger partial charge in [-0.3, -0.25) is 9.59 Å². The number of likely N-dealkylation sites (tertiary alicyclic amines) is 1. The molecule has 8 heteroatoms. The summed E-state index contributed by atoms with van der Waals surface area (Å²) >= 11 is 0. The second kappa shape index (κ2) is 9.21. The number of carbonyl (C=O) groups is 3. The van der Waals surface area contributed by atoms with Crippen LogP contribution in [0.5, 0.6) is 0 Å². The smallest absolute Gasteiger partial charge is 0.407 e. The van der Waals surface area contributed by atoms with Crippen LogP contribution in [-0.4, -0.2) is 66.8 Å². The Hall–Kier alpha value is -1.83. The molecule has 1 unspecified atom stereocenters. The number of alkyl carbamates (subject to hydrolysis) is 1. The highest BCUT2D eigenvalue weighted by Gasteiger charge is 2.28. The highest BCUT2D eigenvalue weighted by atomic mass is 16.6. The fourth-order valence-electron chi connectivity index (χ4n) is 3.10. The minimum atomic E-state index is -0.552. The second-order valence-electron chi connectivity index (χ2n) is 7.84. The molecular formula is C18H31N3O5. The van der Waals surface area contributed by atoms with Crippen molar-refractivity contribution in [3.8, 4) is 0 Å². The Labute approximate surface area is 155 Å². The number of hydrogen-bond acceptors (Lipinski definition) is 5. The number of amides is 3. The lowest BCUT2D eigenvalue weighted by atomic mass is 10.0. The van der Waals surface area contributed by atoms with Crippen molar-refractivity contribution in [1.82, 2.24) is 15.5 Å². The molecule has 148 valence electrons. The van der Waals surface area contributed by atoms with E-state index in [4.69, 9.17) is 9.47 Å². The van der Waals surface area contributed by atoms with Crippen molar-refractivity contribution < 1.29 is 23.9 Å². The van der Waals surface area contributed by atoms with Crippen LogP contribution in [0.1, 0.15) is 52.9 Å². The Morgan fingerprint density at radius 2 is 1.85 bits per heavy atom. The molecule has 2 rings (SSSR count). The molecule has 2 fully saturated rings. The van der Waals surface area contributed by atoms with E-state index >= 15 is 0 Å². The van der Waals surface area contributed by atoms with Gasteiger partial charge in [-0.2, -0.15) is 0 Å².